The Morgan fingerprint density at radius 1 is 1.06 bits per heavy atom. The number of rotatable bonds is 9. The van der Waals surface area contributed by atoms with E-state index in [-0.39, 0.29) is 12.6 Å². The van der Waals surface area contributed by atoms with Crippen LogP contribution in [0.2, 0.25) is 0 Å². The van der Waals surface area contributed by atoms with Crippen molar-refractivity contribution >= 4 is 17.9 Å². The quantitative estimate of drug-likeness (QED) is 0.315. The maximum atomic E-state index is 13.0. The number of carbonyl (C=O) groups is 1. The summed E-state index contributed by atoms with van der Waals surface area (Å²) in [6.07, 6.45) is 7.15. The Morgan fingerprint density at radius 2 is 1.84 bits per heavy atom. The lowest BCUT2D eigenvalue weighted by atomic mass is 9.97. The lowest BCUT2D eigenvalue weighted by Crippen LogP contribution is -2.28. The Hall–Kier alpha value is -3.25. The molecule has 0 atom stereocenters. The molecule has 0 aliphatic carbocycles. The third kappa shape index (κ3) is 5.27. The summed E-state index contributed by atoms with van der Waals surface area (Å²) < 4.78 is 27.6. The zero-order valence-corrected chi connectivity index (χ0v) is 18.6. The van der Waals surface area contributed by atoms with Crippen molar-refractivity contribution in [2.75, 3.05) is 27.6 Å². The van der Waals surface area contributed by atoms with Crippen LogP contribution in [0.1, 0.15) is 42.3 Å². The first-order valence-corrected chi connectivity index (χ1v) is 10.1. The number of hydrogen-bond acceptors (Lipinski definition) is 6. The van der Waals surface area contributed by atoms with E-state index in [1.165, 1.54) is 6.08 Å². The van der Waals surface area contributed by atoms with Gasteiger partial charge in [-0.3, -0.25) is 4.79 Å². The van der Waals surface area contributed by atoms with Crippen molar-refractivity contribution in [1.82, 2.24) is 0 Å². The molecule has 6 nitrogen and oxygen atoms in total. The molecule has 2 aromatic carbocycles. The van der Waals surface area contributed by atoms with Crippen molar-refractivity contribution in [1.29, 1.82) is 0 Å². The van der Waals surface area contributed by atoms with E-state index in [1.54, 1.807) is 38.5 Å². The fraction of sp³-hybridized carbons (Fsp3) is 0.320. The van der Waals surface area contributed by atoms with Gasteiger partial charge in [-0.2, -0.15) is 0 Å². The summed E-state index contributed by atoms with van der Waals surface area (Å²) in [6, 6.07) is 8.97. The van der Waals surface area contributed by atoms with Gasteiger partial charge in [0.1, 0.15) is 17.1 Å². The molecule has 0 saturated carbocycles. The van der Waals surface area contributed by atoms with Gasteiger partial charge in [0.05, 0.1) is 24.8 Å². The van der Waals surface area contributed by atoms with Gasteiger partial charge >= 0.3 is 0 Å². The van der Waals surface area contributed by atoms with Gasteiger partial charge < -0.3 is 23.7 Å². The van der Waals surface area contributed by atoms with E-state index in [4.69, 9.17) is 23.7 Å². The van der Waals surface area contributed by atoms with E-state index in [1.807, 2.05) is 45.1 Å². The van der Waals surface area contributed by atoms with Gasteiger partial charge in [-0.05, 0) is 68.8 Å². The third-order valence-corrected chi connectivity index (χ3v) is 4.68. The molecule has 0 amide bonds. The first-order valence-electron chi connectivity index (χ1n) is 10.1. The number of benzene rings is 2. The fourth-order valence-electron chi connectivity index (χ4n) is 3.20. The zero-order chi connectivity index (χ0) is 22.4. The number of methoxy groups -OCH3 is 2. The predicted octanol–water partition coefficient (Wildman–Crippen LogP) is 5.16. The first kappa shape index (κ1) is 22.4. The van der Waals surface area contributed by atoms with Crippen LogP contribution in [0.3, 0.4) is 0 Å². The summed E-state index contributed by atoms with van der Waals surface area (Å²) in [5, 5.41) is 0. The maximum Gasteiger partial charge on any atom is 0.189 e. The Kier molecular flexibility index (Phi) is 7.02. The van der Waals surface area contributed by atoms with Crippen molar-refractivity contribution in [3.05, 3.63) is 59.2 Å². The van der Waals surface area contributed by atoms with Crippen LogP contribution in [0.25, 0.3) is 12.2 Å². The second-order valence-corrected chi connectivity index (χ2v) is 7.48. The van der Waals surface area contributed by atoms with E-state index in [0.717, 1.165) is 11.1 Å². The van der Waals surface area contributed by atoms with Crippen LogP contribution in [0.15, 0.2) is 42.5 Å². The Morgan fingerprint density at radius 3 is 2.55 bits per heavy atom. The van der Waals surface area contributed by atoms with E-state index >= 15 is 0 Å². The highest BCUT2D eigenvalue weighted by molar-refractivity contribution is 6.09. The predicted molar refractivity (Wildman–Crippen MR) is 120 cm³/mol. The van der Waals surface area contributed by atoms with E-state index in [0.29, 0.717) is 35.2 Å². The molecular weight excluding hydrogens is 396 g/mol. The Balaban J connectivity index is 1.88. The molecule has 0 unspecified atom stereocenters. The van der Waals surface area contributed by atoms with Crippen LogP contribution in [-0.2, 0) is 4.74 Å². The van der Waals surface area contributed by atoms with Crippen LogP contribution in [-0.4, -0.2) is 39.0 Å². The number of hydrogen-bond donors (Lipinski definition) is 0. The second-order valence-electron chi connectivity index (χ2n) is 7.48. The van der Waals surface area contributed by atoms with Crippen LogP contribution >= 0.6 is 0 Å². The van der Waals surface area contributed by atoms with Gasteiger partial charge in [-0.25, -0.2) is 0 Å². The molecule has 0 N–H and O–H groups in total. The number of carbonyl (C=O) groups excluding carboxylic acids is 1. The Labute approximate surface area is 183 Å². The van der Waals surface area contributed by atoms with Crippen molar-refractivity contribution in [3.63, 3.8) is 0 Å². The summed E-state index contributed by atoms with van der Waals surface area (Å²) in [4.78, 5) is 13.0. The molecule has 1 heterocycles. The molecule has 2 aromatic rings. The van der Waals surface area contributed by atoms with Crippen molar-refractivity contribution < 1.29 is 28.5 Å². The highest BCUT2D eigenvalue weighted by Gasteiger charge is 2.27. The van der Waals surface area contributed by atoms with Gasteiger partial charge in [0.2, 0.25) is 0 Å². The normalized spacial score (nSPS) is 14.1. The molecule has 31 heavy (non-hydrogen) atoms. The van der Waals surface area contributed by atoms with E-state index in [9.17, 15) is 4.79 Å². The molecule has 3 rings (SSSR count). The number of ketones is 1. The molecule has 1 aliphatic rings. The van der Waals surface area contributed by atoms with Crippen LogP contribution in [0.5, 0.6) is 23.0 Å². The molecule has 0 fully saturated rings. The fourth-order valence-corrected chi connectivity index (χ4v) is 3.20. The second kappa shape index (κ2) is 9.71. The third-order valence-electron chi connectivity index (χ3n) is 4.68. The summed E-state index contributed by atoms with van der Waals surface area (Å²) in [5.41, 5.74) is 1.54. The molecule has 164 valence electrons. The van der Waals surface area contributed by atoms with E-state index in [2.05, 4.69) is 0 Å². The first-order chi connectivity index (χ1) is 14.9. The van der Waals surface area contributed by atoms with Crippen LogP contribution < -0.4 is 18.9 Å². The number of ether oxygens (including phenoxy) is 5. The molecule has 0 bridgehead atoms. The average Bonchev–Trinajstić information content (AvgIpc) is 2.75. The monoisotopic (exact) mass is 424 g/mol. The molecule has 6 heteroatoms. The van der Waals surface area contributed by atoms with E-state index < -0.39 is 5.60 Å². The van der Waals surface area contributed by atoms with Gasteiger partial charge in [-0.1, -0.05) is 12.1 Å². The average molecular weight is 424 g/mol. The van der Waals surface area contributed by atoms with Crippen LogP contribution in [0, 0.1) is 0 Å². The minimum atomic E-state index is -0.511. The topological polar surface area (TPSA) is 63.2 Å². The standard InChI is InChI=1S/C25H28O6/c1-6-29-23-15-17(8-11-22(23)30-16-27-4)7-10-20(26)18-9-12-21(28-5)19-13-14-25(2,3)31-24(18)19/h7-15H,6,16H2,1-5H3. The summed E-state index contributed by atoms with van der Waals surface area (Å²) in [5.74, 6) is 2.20. The van der Waals surface area contributed by atoms with Gasteiger partial charge in [0.25, 0.3) is 0 Å². The molecule has 0 aromatic heterocycles. The lowest BCUT2D eigenvalue weighted by Gasteiger charge is -2.29. The largest absolute Gasteiger partial charge is 0.496 e. The van der Waals surface area contributed by atoms with Gasteiger partial charge in [0.15, 0.2) is 24.1 Å². The number of allylic oxidation sites excluding steroid dienone is 1. The Bertz CT molecular complexity index is 1000. The van der Waals surface area contributed by atoms with Gasteiger partial charge in [-0.15, -0.1) is 0 Å². The molecule has 0 saturated heterocycles. The van der Waals surface area contributed by atoms with Crippen LogP contribution in [0.4, 0.5) is 0 Å². The van der Waals surface area contributed by atoms with Crippen molar-refractivity contribution in [2.24, 2.45) is 0 Å². The molecule has 0 radical (unpaired) electrons. The number of fused-ring (bicyclic) bond motifs is 1. The molecular formula is C25H28O6. The smallest absolute Gasteiger partial charge is 0.189 e. The minimum absolute atomic E-state index is 0.126. The minimum Gasteiger partial charge on any atom is -0.496 e. The summed E-state index contributed by atoms with van der Waals surface area (Å²) in [6.45, 7) is 6.40. The molecule has 0 spiro atoms. The SMILES string of the molecule is CCOc1cc(C=CC(=O)c2ccc(OC)c3c2OC(C)(C)C=C3)ccc1OCOC. The molecule has 1 aliphatic heterocycles. The highest BCUT2D eigenvalue weighted by atomic mass is 16.7. The van der Waals surface area contributed by atoms with Gasteiger partial charge in [0, 0.05) is 7.11 Å². The maximum absolute atomic E-state index is 13.0. The lowest BCUT2D eigenvalue weighted by molar-refractivity contribution is 0.0487. The summed E-state index contributed by atoms with van der Waals surface area (Å²) >= 11 is 0. The zero-order valence-electron chi connectivity index (χ0n) is 18.6. The summed E-state index contributed by atoms with van der Waals surface area (Å²) in [7, 11) is 3.15. The highest BCUT2D eigenvalue weighted by Crippen LogP contribution is 2.40. The van der Waals surface area contributed by atoms with Crippen molar-refractivity contribution in [2.45, 2.75) is 26.4 Å². The van der Waals surface area contributed by atoms with Crippen molar-refractivity contribution in [3.8, 4) is 23.0 Å².